The summed E-state index contributed by atoms with van der Waals surface area (Å²) in [5.74, 6) is 3.78. The highest BCUT2D eigenvalue weighted by atomic mass is 16.3. The van der Waals surface area contributed by atoms with Gasteiger partial charge in [0.2, 0.25) is 0 Å². The number of fused-ring (bicyclic) bond motifs is 4. The minimum atomic E-state index is -0.0680. The number of allylic oxidation sites excluding steroid dienone is 4. The maximum absolute atomic E-state index is 10.5. The van der Waals surface area contributed by atoms with E-state index in [1.807, 2.05) is 11.1 Å². The Morgan fingerprint density at radius 2 is 1.86 bits per heavy atom. The lowest BCUT2D eigenvalue weighted by atomic mass is 9.49. The molecule has 0 heterocycles. The number of rotatable bonds is 4. The largest absolute Gasteiger partial charge is 0.393 e. The van der Waals surface area contributed by atoms with E-state index >= 15 is 0 Å². The van der Waals surface area contributed by atoms with Crippen LogP contribution in [-0.4, -0.2) is 11.2 Å². The predicted molar refractivity (Wildman–Crippen MR) is 124 cm³/mol. The van der Waals surface area contributed by atoms with Gasteiger partial charge in [0, 0.05) is 0 Å². The first-order valence-corrected chi connectivity index (χ1v) is 12.7. The van der Waals surface area contributed by atoms with Gasteiger partial charge in [0.05, 0.1) is 6.10 Å². The highest BCUT2D eigenvalue weighted by molar-refractivity contribution is 5.34. The van der Waals surface area contributed by atoms with Crippen molar-refractivity contribution in [3.8, 4) is 0 Å². The zero-order valence-corrected chi connectivity index (χ0v) is 20.1. The first-order chi connectivity index (χ1) is 13.7. The Morgan fingerprint density at radius 1 is 1.10 bits per heavy atom. The molecule has 0 amide bonds. The molecule has 164 valence electrons. The van der Waals surface area contributed by atoms with E-state index in [0.717, 1.165) is 24.2 Å². The number of aliphatic hydroxyl groups excluding tert-OH is 1. The molecule has 0 spiro atoms. The molecular formula is C28H46O. The smallest absolute Gasteiger partial charge is 0.0569 e. The molecule has 0 aromatic rings. The van der Waals surface area contributed by atoms with E-state index in [9.17, 15) is 5.11 Å². The molecule has 8 atom stereocenters. The fourth-order valence-electron chi connectivity index (χ4n) is 8.72. The van der Waals surface area contributed by atoms with Crippen molar-refractivity contribution in [3.05, 3.63) is 22.8 Å². The Morgan fingerprint density at radius 3 is 2.59 bits per heavy atom. The molecule has 4 aliphatic rings. The van der Waals surface area contributed by atoms with Crippen molar-refractivity contribution in [1.82, 2.24) is 0 Å². The molecule has 29 heavy (non-hydrogen) atoms. The van der Waals surface area contributed by atoms with Crippen LogP contribution in [0, 0.1) is 40.4 Å². The van der Waals surface area contributed by atoms with Gasteiger partial charge < -0.3 is 5.11 Å². The summed E-state index contributed by atoms with van der Waals surface area (Å²) in [6.07, 6.45) is 15.5. The van der Waals surface area contributed by atoms with Gasteiger partial charge in [-0.2, -0.15) is 0 Å². The molecule has 4 rings (SSSR count). The Balaban J connectivity index is 1.57. The van der Waals surface area contributed by atoms with Gasteiger partial charge >= 0.3 is 0 Å². The lowest BCUT2D eigenvalue weighted by Gasteiger charge is -2.56. The predicted octanol–water partition coefficient (Wildman–Crippen LogP) is 7.70. The second-order valence-electron chi connectivity index (χ2n) is 12.1. The quantitative estimate of drug-likeness (QED) is 0.481. The Kier molecular flexibility index (Phi) is 5.86. The molecule has 1 heteroatoms. The monoisotopic (exact) mass is 398 g/mol. The second kappa shape index (κ2) is 7.85. The molecule has 0 aromatic carbocycles. The molecule has 0 aliphatic heterocycles. The summed E-state index contributed by atoms with van der Waals surface area (Å²) in [6.45, 7) is 14.6. The van der Waals surface area contributed by atoms with E-state index in [-0.39, 0.29) is 6.10 Å². The van der Waals surface area contributed by atoms with Crippen molar-refractivity contribution in [1.29, 1.82) is 0 Å². The maximum atomic E-state index is 10.5. The van der Waals surface area contributed by atoms with Crippen molar-refractivity contribution >= 4 is 0 Å². The molecule has 0 aromatic heterocycles. The van der Waals surface area contributed by atoms with Crippen LogP contribution in [0.15, 0.2) is 22.8 Å². The summed E-state index contributed by atoms with van der Waals surface area (Å²) >= 11 is 0. The molecule has 4 aliphatic carbocycles. The normalized spacial score (nSPS) is 45.3. The number of hydrogen-bond acceptors (Lipinski definition) is 1. The third-order valence-corrected chi connectivity index (χ3v) is 10.4. The van der Waals surface area contributed by atoms with Crippen molar-refractivity contribution < 1.29 is 5.11 Å². The van der Waals surface area contributed by atoms with Crippen LogP contribution in [0.5, 0.6) is 0 Å². The summed E-state index contributed by atoms with van der Waals surface area (Å²) in [7, 11) is 0. The van der Waals surface area contributed by atoms with Gasteiger partial charge in [-0.15, -0.1) is 0 Å². The Bertz CT molecular complexity index is 682. The van der Waals surface area contributed by atoms with Crippen LogP contribution in [0.1, 0.15) is 106 Å². The fraction of sp³-hybridized carbons (Fsp3) is 0.857. The maximum Gasteiger partial charge on any atom is 0.0569 e. The standard InChI is InChI=1S/C28H46O/c1-18(2)8-7-9-19(3)22-12-13-24-21-10-11-23-20(4)26(29)15-17-28(23,6)25(21)14-16-27(22,24)5/h8,19-20,22-24,26,29H,7,9-17H2,1-6H3/t19-,20+,22?,23+,24?,26+,27-,28+/m1/s1. The number of aliphatic hydroxyl groups is 1. The lowest BCUT2D eigenvalue weighted by Crippen LogP contribution is -2.49. The van der Waals surface area contributed by atoms with Crippen molar-refractivity contribution in [2.75, 3.05) is 0 Å². The first-order valence-electron chi connectivity index (χ1n) is 12.7. The molecule has 2 unspecified atom stereocenters. The Hall–Kier alpha value is -0.560. The average Bonchev–Trinajstić information content (AvgIpc) is 3.02. The van der Waals surface area contributed by atoms with Crippen molar-refractivity contribution in [2.24, 2.45) is 40.4 Å². The summed E-state index contributed by atoms with van der Waals surface area (Å²) in [4.78, 5) is 0. The third kappa shape index (κ3) is 3.48. The van der Waals surface area contributed by atoms with Gasteiger partial charge in [0.25, 0.3) is 0 Å². The summed E-state index contributed by atoms with van der Waals surface area (Å²) in [6, 6.07) is 0. The lowest BCUT2D eigenvalue weighted by molar-refractivity contribution is -0.0336. The van der Waals surface area contributed by atoms with Gasteiger partial charge in [0.1, 0.15) is 0 Å². The van der Waals surface area contributed by atoms with Crippen LogP contribution in [0.25, 0.3) is 0 Å². The molecule has 2 saturated carbocycles. The molecule has 1 nitrogen and oxygen atoms in total. The van der Waals surface area contributed by atoms with Crippen LogP contribution in [0.3, 0.4) is 0 Å². The topological polar surface area (TPSA) is 20.2 Å². The van der Waals surface area contributed by atoms with Gasteiger partial charge in [0.15, 0.2) is 0 Å². The molecule has 0 bridgehead atoms. The number of hydrogen-bond donors (Lipinski definition) is 1. The van der Waals surface area contributed by atoms with Gasteiger partial charge in [-0.3, -0.25) is 0 Å². The van der Waals surface area contributed by atoms with Crippen LogP contribution >= 0.6 is 0 Å². The van der Waals surface area contributed by atoms with E-state index < -0.39 is 0 Å². The van der Waals surface area contributed by atoms with Crippen LogP contribution in [-0.2, 0) is 0 Å². The van der Waals surface area contributed by atoms with Crippen molar-refractivity contribution in [2.45, 2.75) is 112 Å². The van der Waals surface area contributed by atoms with Crippen molar-refractivity contribution in [3.63, 3.8) is 0 Å². The third-order valence-electron chi connectivity index (χ3n) is 10.4. The summed E-state index contributed by atoms with van der Waals surface area (Å²) in [5, 5.41) is 10.5. The van der Waals surface area contributed by atoms with E-state index in [2.05, 4.69) is 47.6 Å². The average molecular weight is 399 g/mol. The minimum Gasteiger partial charge on any atom is -0.393 e. The molecule has 2 fully saturated rings. The Labute approximate surface area is 180 Å². The highest BCUT2D eigenvalue weighted by Crippen LogP contribution is 2.66. The second-order valence-corrected chi connectivity index (χ2v) is 12.1. The van der Waals surface area contributed by atoms with E-state index in [1.165, 1.54) is 63.4 Å². The zero-order chi connectivity index (χ0) is 21.0. The molecular weight excluding hydrogens is 352 g/mol. The molecule has 0 saturated heterocycles. The van der Waals surface area contributed by atoms with E-state index in [1.54, 1.807) is 0 Å². The molecule has 0 radical (unpaired) electrons. The highest BCUT2D eigenvalue weighted by Gasteiger charge is 2.56. The van der Waals surface area contributed by atoms with Gasteiger partial charge in [-0.25, -0.2) is 0 Å². The van der Waals surface area contributed by atoms with Crippen LogP contribution in [0.2, 0.25) is 0 Å². The fourth-order valence-corrected chi connectivity index (χ4v) is 8.72. The van der Waals surface area contributed by atoms with Gasteiger partial charge in [-0.1, -0.05) is 50.5 Å². The van der Waals surface area contributed by atoms with E-state index in [4.69, 9.17) is 0 Å². The minimum absolute atomic E-state index is 0.0680. The summed E-state index contributed by atoms with van der Waals surface area (Å²) in [5.41, 5.74) is 6.15. The SMILES string of the molecule is CC(C)=CCC[C@@H](C)C1CCC2C3=C(CC[C@@]21C)[C@@]1(C)CC[C@H](O)[C@@H](C)[C@@H]1CC3. The molecule has 1 N–H and O–H groups in total. The van der Waals surface area contributed by atoms with Crippen LogP contribution in [0.4, 0.5) is 0 Å². The first kappa shape index (κ1) is 21.7. The summed E-state index contributed by atoms with van der Waals surface area (Å²) < 4.78 is 0. The van der Waals surface area contributed by atoms with Crippen LogP contribution < -0.4 is 0 Å². The zero-order valence-electron chi connectivity index (χ0n) is 20.1. The van der Waals surface area contributed by atoms with Gasteiger partial charge in [-0.05, 0) is 118 Å². The van der Waals surface area contributed by atoms with E-state index in [0.29, 0.717) is 22.7 Å².